The van der Waals surface area contributed by atoms with Crippen LogP contribution in [0.1, 0.15) is 36.0 Å². The van der Waals surface area contributed by atoms with E-state index >= 15 is 0 Å². The Kier molecular flexibility index (Phi) is 4.56. The molecule has 7 heteroatoms. The number of anilines is 1. The molecule has 162 valence electrons. The predicted octanol–water partition coefficient (Wildman–Crippen LogP) is 4.25. The number of aryl methyl sites for hydroxylation is 2. The molecule has 2 aliphatic rings. The summed E-state index contributed by atoms with van der Waals surface area (Å²) in [4.78, 5) is 23.9. The van der Waals surface area contributed by atoms with Gasteiger partial charge >= 0.3 is 0 Å². The number of nitrogens with one attached hydrogen (secondary N) is 1. The highest BCUT2D eigenvalue weighted by Crippen LogP contribution is 2.34. The Labute approximate surface area is 186 Å². The highest BCUT2D eigenvalue weighted by atomic mass is 16.5. The fraction of sp³-hybridized carbons (Fsp3) is 0.360. The number of benzene rings is 1. The summed E-state index contributed by atoms with van der Waals surface area (Å²) < 4.78 is 6.11. The van der Waals surface area contributed by atoms with Crippen LogP contribution in [0.15, 0.2) is 36.8 Å². The van der Waals surface area contributed by atoms with Gasteiger partial charge < -0.3 is 14.6 Å². The molecule has 0 saturated carbocycles. The van der Waals surface area contributed by atoms with E-state index in [0.717, 1.165) is 71.2 Å². The Hall–Kier alpha value is -3.48. The van der Waals surface area contributed by atoms with Gasteiger partial charge in [0.2, 0.25) is 0 Å². The lowest BCUT2D eigenvalue weighted by Gasteiger charge is -2.28. The zero-order valence-corrected chi connectivity index (χ0v) is 18.4. The van der Waals surface area contributed by atoms with Crippen molar-refractivity contribution in [1.29, 1.82) is 0 Å². The van der Waals surface area contributed by atoms with E-state index in [-0.39, 0.29) is 0 Å². The molecule has 1 atom stereocenters. The SMILES string of the molecule is Cc1nc2ncc(-c3ccc4c(c3)CN(c3ncnc5c3CC(C)CC5)CCO4)cc2[nH]1. The molecule has 0 fully saturated rings. The molecule has 0 amide bonds. The van der Waals surface area contributed by atoms with Gasteiger partial charge in [0.15, 0.2) is 5.65 Å². The number of aromatic amines is 1. The van der Waals surface area contributed by atoms with Gasteiger partial charge in [-0.1, -0.05) is 13.0 Å². The molecule has 0 saturated heterocycles. The van der Waals surface area contributed by atoms with Gasteiger partial charge in [0.25, 0.3) is 0 Å². The maximum absolute atomic E-state index is 6.11. The molecule has 4 heterocycles. The molecule has 1 aliphatic heterocycles. The van der Waals surface area contributed by atoms with Crippen molar-refractivity contribution < 1.29 is 4.74 Å². The zero-order valence-electron chi connectivity index (χ0n) is 18.4. The van der Waals surface area contributed by atoms with Gasteiger partial charge in [-0.2, -0.15) is 0 Å². The van der Waals surface area contributed by atoms with Crippen molar-refractivity contribution >= 4 is 17.0 Å². The number of aromatic nitrogens is 5. The minimum atomic E-state index is 0.640. The zero-order chi connectivity index (χ0) is 21.7. The standard InChI is InChI=1S/C25H26N6O/c1-15-3-5-21-20(9-15)25(28-14-27-21)31-7-8-32-23-6-4-17(10-19(23)13-31)18-11-22-24(26-12-18)30-16(2)29-22/h4,6,10-12,14-15H,3,5,7-9,13H2,1-2H3,(H,26,29,30). The molecule has 1 aromatic carbocycles. The van der Waals surface area contributed by atoms with Crippen LogP contribution < -0.4 is 9.64 Å². The maximum atomic E-state index is 6.11. The highest BCUT2D eigenvalue weighted by molar-refractivity contribution is 5.78. The van der Waals surface area contributed by atoms with Crippen molar-refractivity contribution in [2.24, 2.45) is 5.92 Å². The van der Waals surface area contributed by atoms with Gasteiger partial charge in [0.05, 0.1) is 12.1 Å². The van der Waals surface area contributed by atoms with Crippen LogP contribution in [-0.4, -0.2) is 38.1 Å². The molecular weight excluding hydrogens is 400 g/mol. The molecule has 0 bridgehead atoms. The van der Waals surface area contributed by atoms with E-state index < -0.39 is 0 Å². The number of hydrogen-bond acceptors (Lipinski definition) is 6. The van der Waals surface area contributed by atoms with E-state index in [2.05, 4.69) is 56.0 Å². The molecular formula is C25H26N6O. The van der Waals surface area contributed by atoms with Gasteiger partial charge in [-0.05, 0) is 55.9 Å². The number of fused-ring (bicyclic) bond motifs is 3. The molecule has 6 rings (SSSR count). The lowest BCUT2D eigenvalue weighted by atomic mass is 9.88. The van der Waals surface area contributed by atoms with Crippen LogP contribution in [0, 0.1) is 12.8 Å². The fourth-order valence-electron chi connectivity index (χ4n) is 4.90. The molecule has 7 nitrogen and oxygen atoms in total. The third-order valence-corrected chi connectivity index (χ3v) is 6.57. The first kappa shape index (κ1) is 19.2. The summed E-state index contributed by atoms with van der Waals surface area (Å²) in [6.45, 7) is 6.48. The van der Waals surface area contributed by atoms with Crippen LogP contribution in [0.5, 0.6) is 5.75 Å². The average molecular weight is 427 g/mol. The summed E-state index contributed by atoms with van der Waals surface area (Å²) in [5.41, 5.74) is 7.57. The lowest BCUT2D eigenvalue weighted by molar-refractivity contribution is 0.331. The molecule has 4 aromatic rings. The summed E-state index contributed by atoms with van der Waals surface area (Å²) in [5.74, 6) is 3.56. The number of imidazole rings is 1. The first-order valence-electron chi connectivity index (χ1n) is 11.3. The number of rotatable bonds is 2. The third-order valence-electron chi connectivity index (χ3n) is 6.57. The number of hydrogen-bond donors (Lipinski definition) is 1. The fourth-order valence-corrected chi connectivity index (χ4v) is 4.90. The summed E-state index contributed by atoms with van der Waals surface area (Å²) in [6, 6.07) is 8.51. The second-order valence-electron chi connectivity index (χ2n) is 8.98. The Morgan fingerprint density at radius 3 is 3.00 bits per heavy atom. The van der Waals surface area contributed by atoms with Crippen molar-refractivity contribution in [2.45, 2.75) is 39.7 Å². The molecule has 1 aliphatic carbocycles. The molecule has 3 aromatic heterocycles. The minimum Gasteiger partial charge on any atom is -0.491 e. The Morgan fingerprint density at radius 2 is 2.06 bits per heavy atom. The van der Waals surface area contributed by atoms with Crippen molar-refractivity contribution in [3.8, 4) is 16.9 Å². The summed E-state index contributed by atoms with van der Waals surface area (Å²) >= 11 is 0. The van der Waals surface area contributed by atoms with Gasteiger partial charge in [0, 0.05) is 35.1 Å². The average Bonchev–Trinajstić information content (AvgIpc) is 3.04. The summed E-state index contributed by atoms with van der Waals surface area (Å²) in [7, 11) is 0. The third kappa shape index (κ3) is 3.38. The summed E-state index contributed by atoms with van der Waals surface area (Å²) in [5, 5.41) is 0. The lowest BCUT2D eigenvalue weighted by Crippen LogP contribution is -2.29. The molecule has 1 N–H and O–H groups in total. The minimum absolute atomic E-state index is 0.640. The Bertz CT molecular complexity index is 1310. The molecule has 1 unspecified atom stereocenters. The van der Waals surface area contributed by atoms with Crippen molar-refractivity contribution in [3.63, 3.8) is 0 Å². The number of ether oxygens (including phenoxy) is 1. The number of pyridine rings is 1. The van der Waals surface area contributed by atoms with Crippen LogP contribution >= 0.6 is 0 Å². The largest absolute Gasteiger partial charge is 0.491 e. The van der Waals surface area contributed by atoms with Crippen LogP contribution in [0.25, 0.3) is 22.3 Å². The van der Waals surface area contributed by atoms with Crippen LogP contribution in [-0.2, 0) is 19.4 Å². The van der Waals surface area contributed by atoms with Crippen molar-refractivity contribution in [2.75, 3.05) is 18.1 Å². The van der Waals surface area contributed by atoms with Crippen LogP contribution in [0.2, 0.25) is 0 Å². The van der Waals surface area contributed by atoms with E-state index in [9.17, 15) is 0 Å². The normalized spacial score (nSPS) is 18.1. The number of H-pyrrole nitrogens is 1. The predicted molar refractivity (Wildman–Crippen MR) is 124 cm³/mol. The second kappa shape index (κ2) is 7.58. The second-order valence-corrected chi connectivity index (χ2v) is 8.98. The quantitative estimate of drug-likeness (QED) is 0.516. The van der Waals surface area contributed by atoms with Gasteiger partial charge in [-0.3, -0.25) is 0 Å². The Balaban J connectivity index is 1.36. The van der Waals surface area contributed by atoms with Gasteiger partial charge in [0.1, 0.15) is 30.3 Å². The first-order valence-corrected chi connectivity index (χ1v) is 11.3. The topological polar surface area (TPSA) is 79.8 Å². The monoisotopic (exact) mass is 426 g/mol. The summed E-state index contributed by atoms with van der Waals surface area (Å²) in [6.07, 6.45) is 6.90. The molecule has 0 radical (unpaired) electrons. The number of nitrogens with zero attached hydrogens (tertiary/aromatic N) is 5. The maximum Gasteiger partial charge on any atom is 0.177 e. The smallest absolute Gasteiger partial charge is 0.177 e. The van der Waals surface area contributed by atoms with Crippen molar-refractivity contribution in [3.05, 3.63) is 59.4 Å². The van der Waals surface area contributed by atoms with Gasteiger partial charge in [-0.15, -0.1) is 0 Å². The first-order chi connectivity index (χ1) is 15.6. The highest BCUT2D eigenvalue weighted by Gasteiger charge is 2.25. The van der Waals surface area contributed by atoms with E-state index in [1.54, 1.807) is 6.33 Å². The Morgan fingerprint density at radius 1 is 1.12 bits per heavy atom. The molecule has 0 spiro atoms. The van der Waals surface area contributed by atoms with E-state index in [0.29, 0.717) is 12.5 Å². The van der Waals surface area contributed by atoms with Crippen LogP contribution in [0.3, 0.4) is 0 Å². The molecule has 32 heavy (non-hydrogen) atoms. The van der Waals surface area contributed by atoms with Crippen LogP contribution in [0.4, 0.5) is 5.82 Å². The van der Waals surface area contributed by atoms with E-state index in [1.165, 1.54) is 17.7 Å². The van der Waals surface area contributed by atoms with E-state index in [4.69, 9.17) is 9.72 Å². The van der Waals surface area contributed by atoms with Crippen molar-refractivity contribution in [1.82, 2.24) is 24.9 Å². The van der Waals surface area contributed by atoms with Gasteiger partial charge in [-0.25, -0.2) is 19.9 Å². The van der Waals surface area contributed by atoms with E-state index in [1.807, 2.05) is 13.1 Å².